The number of carbonyl (C=O) groups excluding carboxylic acids is 1. The summed E-state index contributed by atoms with van der Waals surface area (Å²) in [5, 5.41) is 8.76. The van der Waals surface area contributed by atoms with Crippen molar-refractivity contribution in [2.24, 2.45) is 11.8 Å². The zero-order chi connectivity index (χ0) is 12.0. The Balaban J connectivity index is 2.41. The first kappa shape index (κ1) is 13.0. The number of nitriles is 1. The van der Waals surface area contributed by atoms with Gasteiger partial charge in [-0.15, -0.1) is 0 Å². The highest BCUT2D eigenvalue weighted by atomic mass is 16.5. The summed E-state index contributed by atoms with van der Waals surface area (Å²) in [5.74, 6) is -0.0580. The van der Waals surface area contributed by atoms with E-state index in [1.54, 1.807) is 0 Å². The lowest BCUT2D eigenvalue weighted by Gasteiger charge is -2.31. The van der Waals surface area contributed by atoms with Crippen LogP contribution in [0.25, 0.3) is 0 Å². The van der Waals surface area contributed by atoms with Crippen LogP contribution in [0.3, 0.4) is 0 Å². The standard InChI is InChI=1S/C12H20N2O2/c1-3-16-12(15)11-5-4-6-14(9-11)8-10(2)7-13/h10-11H,3-6,8-9H2,1-2H3/t10?,11-/m1/s1. The van der Waals surface area contributed by atoms with Gasteiger partial charge in [0.1, 0.15) is 0 Å². The third-order valence-corrected chi connectivity index (χ3v) is 2.88. The van der Waals surface area contributed by atoms with Crippen LogP contribution in [0.5, 0.6) is 0 Å². The number of hydrogen-bond acceptors (Lipinski definition) is 4. The topological polar surface area (TPSA) is 53.3 Å². The molecule has 0 bridgehead atoms. The summed E-state index contributed by atoms with van der Waals surface area (Å²) in [7, 11) is 0. The highest BCUT2D eigenvalue weighted by Gasteiger charge is 2.27. The normalized spacial score (nSPS) is 23.4. The zero-order valence-electron chi connectivity index (χ0n) is 10.1. The SMILES string of the molecule is CCOC(=O)[C@@H]1CCCN(CC(C)C#N)C1. The molecule has 0 aliphatic carbocycles. The molecular formula is C12H20N2O2. The van der Waals surface area contributed by atoms with E-state index in [0.29, 0.717) is 6.61 Å². The first-order chi connectivity index (χ1) is 7.67. The second kappa shape index (κ2) is 6.49. The average Bonchev–Trinajstić information content (AvgIpc) is 2.29. The molecule has 1 aliphatic heterocycles. The fraction of sp³-hybridized carbons (Fsp3) is 0.833. The predicted molar refractivity (Wildman–Crippen MR) is 60.6 cm³/mol. The number of carbonyl (C=O) groups is 1. The van der Waals surface area contributed by atoms with Gasteiger partial charge in [0.05, 0.1) is 24.5 Å². The molecule has 0 aromatic heterocycles. The number of ether oxygens (including phenoxy) is 1. The van der Waals surface area contributed by atoms with Gasteiger partial charge >= 0.3 is 5.97 Å². The molecule has 0 radical (unpaired) electrons. The summed E-state index contributed by atoms with van der Waals surface area (Å²) >= 11 is 0. The van der Waals surface area contributed by atoms with Crippen molar-refractivity contribution in [3.8, 4) is 6.07 Å². The Morgan fingerprint density at radius 2 is 2.44 bits per heavy atom. The number of rotatable bonds is 4. The van der Waals surface area contributed by atoms with Gasteiger partial charge in [-0.05, 0) is 33.2 Å². The molecule has 0 amide bonds. The molecule has 0 saturated carbocycles. The molecule has 1 aliphatic rings. The van der Waals surface area contributed by atoms with E-state index in [2.05, 4.69) is 11.0 Å². The smallest absolute Gasteiger partial charge is 0.310 e. The number of hydrogen-bond donors (Lipinski definition) is 0. The van der Waals surface area contributed by atoms with Crippen LogP contribution >= 0.6 is 0 Å². The third kappa shape index (κ3) is 3.82. The van der Waals surface area contributed by atoms with Crippen molar-refractivity contribution in [2.45, 2.75) is 26.7 Å². The van der Waals surface area contributed by atoms with Crippen LogP contribution in [-0.2, 0) is 9.53 Å². The van der Waals surface area contributed by atoms with Crippen LogP contribution in [0, 0.1) is 23.2 Å². The second-order valence-electron chi connectivity index (χ2n) is 4.38. The van der Waals surface area contributed by atoms with Gasteiger partial charge in [-0.2, -0.15) is 5.26 Å². The van der Waals surface area contributed by atoms with Crippen LogP contribution in [-0.4, -0.2) is 37.1 Å². The van der Waals surface area contributed by atoms with Gasteiger partial charge in [-0.1, -0.05) is 0 Å². The van der Waals surface area contributed by atoms with E-state index in [0.717, 1.165) is 32.5 Å². The van der Waals surface area contributed by atoms with Gasteiger partial charge in [-0.25, -0.2) is 0 Å². The zero-order valence-corrected chi connectivity index (χ0v) is 10.1. The Morgan fingerprint density at radius 1 is 1.69 bits per heavy atom. The lowest BCUT2D eigenvalue weighted by molar-refractivity contribution is -0.149. The monoisotopic (exact) mass is 224 g/mol. The Morgan fingerprint density at radius 3 is 3.06 bits per heavy atom. The Labute approximate surface area is 97.2 Å². The molecule has 0 aromatic carbocycles. The van der Waals surface area contributed by atoms with Gasteiger partial charge in [0.25, 0.3) is 0 Å². The van der Waals surface area contributed by atoms with Gasteiger partial charge < -0.3 is 9.64 Å². The minimum absolute atomic E-state index is 0.000377. The summed E-state index contributed by atoms with van der Waals surface area (Å²) in [6.07, 6.45) is 1.93. The number of likely N-dealkylation sites (tertiary alicyclic amines) is 1. The summed E-state index contributed by atoms with van der Waals surface area (Å²) in [6.45, 7) is 6.67. The third-order valence-electron chi connectivity index (χ3n) is 2.88. The van der Waals surface area contributed by atoms with E-state index >= 15 is 0 Å². The molecule has 1 fully saturated rings. The molecule has 90 valence electrons. The Kier molecular flexibility index (Phi) is 5.27. The van der Waals surface area contributed by atoms with Crippen LogP contribution < -0.4 is 0 Å². The summed E-state index contributed by atoms with van der Waals surface area (Å²) < 4.78 is 5.03. The second-order valence-corrected chi connectivity index (χ2v) is 4.38. The summed E-state index contributed by atoms with van der Waals surface area (Å²) in [5.41, 5.74) is 0. The fourth-order valence-corrected chi connectivity index (χ4v) is 2.10. The molecule has 1 rings (SSSR count). The maximum absolute atomic E-state index is 11.6. The fourth-order valence-electron chi connectivity index (χ4n) is 2.10. The quantitative estimate of drug-likeness (QED) is 0.678. The van der Waals surface area contributed by atoms with E-state index in [1.807, 2.05) is 13.8 Å². The van der Waals surface area contributed by atoms with Crippen molar-refractivity contribution >= 4 is 5.97 Å². The van der Waals surface area contributed by atoms with Gasteiger partial charge in [-0.3, -0.25) is 4.79 Å². The van der Waals surface area contributed by atoms with Gasteiger partial charge in [0.15, 0.2) is 0 Å². The lowest BCUT2D eigenvalue weighted by atomic mass is 9.97. The van der Waals surface area contributed by atoms with Crippen molar-refractivity contribution < 1.29 is 9.53 Å². The molecule has 0 spiro atoms. The minimum Gasteiger partial charge on any atom is -0.466 e. The van der Waals surface area contributed by atoms with Crippen LogP contribution in [0.1, 0.15) is 26.7 Å². The van der Waals surface area contributed by atoms with Crippen molar-refractivity contribution in [2.75, 3.05) is 26.2 Å². The number of esters is 1. The van der Waals surface area contributed by atoms with Crippen molar-refractivity contribution in [1.82, 2.24) is 4.90 Å². The molecule has 1 heterocycles. The largest absolute Gasteiger partial charge is 0.466 e. The van der Waals surface area contributed by atoms with Crippen molar-refractivity contribution in [3.63, 3.8) is 0 Å². The van der Waals surface area contributed by atoms with Crippen molar-refractivity contribution in [1.29, 1.82) is 5.26 Å². The van der Waals surface area contributed by atoms with Crippen LogP contribution in [0.4, 0.5) is 0 Å². The molecule has 16 heavy (non-hydrogen) atoms. The lowest BCUT2D eigenvalue weighted by Crippen LogP contribution is -2.41. The van der Waals surface area contributed by atoms with E-state index in [4.69, 9.17) is 10.00 Å². The molecule has 0 aromatic rings. The van der Waals surface area contributed by atoms with Crippen molar-refractivity contribution in [3.05, 3.63) is 0 Å². The van der Waals surface area contributed by atoms with E-state index in [-0.39, 0.29) is 17.8 Å². The predicted octanol–water partition coefficient (Wildman–Crippen LogP) is 1.42. The van der Waals surface area contributed by atoms with Gasteiger partial charge in [0.2, 0.25) is 0 Å². The molecular weight excluding hydrogens is 204 g/mol. The number of nitrogens with zero attached hydrogens (tertiary/aromatic N) is 2. The maximum Gasteiger partial charge on any atom is 0.310 e. The highest BCUT2D eigenvalue weighted by molar-refractivity contribution is 5.72. The summed E-state index contributed by atoms with van der Waals surface area (Å²) in [4.78, 5) is 13.8. The Hall–Kier alpha value is -1.08. The molecule has 1 unspecified atom stereocenters. The molecule has 4 nitrogen and oxygen atoms in total. The van der Waals surface area contributed by atoms with E-state index < -0.39 is 0 Å². The van der Waals surface area contributed by atoms with E-state index in [9.17, 15) is 4.79 Å². The Bertz CT molecular complexity index is 273. The maximum atomic E-state index is 11.6. The van der Waals surface area contributed by atoms with Gasteiger partial charge in [0, 0.05) is 13.1 Å². The summed E-state index contributed by atoms with van der Waals surface area (Å²) in [6, 6.07) is 2.22. The van der Waals surface area contributed by atoms with E-state index in [1.165, 1.54) is 0 Å². The molecule has 1 saturated heterocycles. The first-order valence-corrected chi connectivity index (χ1v) is 5.96. The molecule has 2 atom stereocenters. The molecule has 0 N–H and O–H groups in total. The van der Waals surface area contributed by atoms with Crippen LogP contribution in [0.15, 0.2) is 0 Å². The van der Waals surface area contributed by atoms with Crippen LogP contribution in [0.2, 0.25) is 0 Å². The molecule has 4 heteroatoms. The first-order valence-electron chi connectivity index (χ1n) is 5.96. The average molecular weight is 224 g/mol. The number of piperidine rings is 1. The highest BCUT2D eigenvalue weighted by Crippen LogP contribution is 2.18. The minimum atomic E-state index is -0.0863.